The lowest BCUT2D eigenvalue weighted by Gasteiger charge is -2.35. The Morgan fingerprint density at radius 3 is 2.23 bits per heavy atom. The number of piperazine rings is 1. The van der Waals surface area contributed by atoms with Gasteiger partial charge in [0.05, 0.1) is 0 Å². The molecule has 9 heteroatoms. The number of hydroxylamine groups is 4. The third kappa shape index (κ3) is 3.87. The summed E-state index contributed by atoms with van der Waals surface area (Å²) in [5.74, 6) is -0.280. The van der Waals surface area contributed by atoms with Crippen molar-refractivity contribution in [3.8, 4) is 0 Å². The van der Waals surface area contributed by atoms with E-state index in [9.17, 15) is 14.8 Å². The molecule has 0 radical (unpaired) electrons. The zero-order valence-electron chi connectivity index (χ0n) is 13.3. The topological polar surface area (TPSA) is 89.8 Å². The largest absolute Gasteiger partial charge is 0.593 e. The van der Waals surface area contributed by atoms with Crippen molar-refractivity contribution in [2.75, 3.05) is 33.2 Å². The molecular weight excluding hydrogens is 292 g/mol. The van der Waals surface area contributed by atoms with E-state index >= 15 is 0 Å². The Balaban J connectivity index is 1.88. The summed E-state index contributed by atoms with van der Waals surface area (Å²) in [5, 5.41) is 11.7. The number of rotatable bonds is 1. The van der Waals surface area contributed by atoms with Crippen molar-refractivity contribution in [1.82, 2.24) is 14.9 Å². The van der Waals surface area contributed by atoms with Gasteiger partial charge in [-0.05, 0) is 20.8 Å². The lowest BCUT2D eigenvalue weighted by molar-refractivity contribution is -1.03. The van der Waals surface area contributed by atoms with Crippen LogP contribution in [0.3, 0.4) is 0 Å². The molecule has 0 aromatic rings. The Morgan fingerprint density at radius 2 is 1.77 bits per heavy atom. The molecule has 1 N–H and O–H groups in total. The molecule has 1 unspecified atom stereocenters. The van der Waals surface area contributed by atoms with Crippen molar-refractivity contribution in [1.29, 1.82) is 0 Å². The number of likely N-dealkylation sites (N-methyl/N-ethyl adjacent to an activating group) is 1. The molecule has 0 aromatic carbocycles. The first-order chi connectivity index (χ1) is 10.2. The van der Waals surface area contributed by atoms with E-state index in [0.29, 0.717) is 26.2 Å². The molecule has 0 aliphatic carbocycles. The first-order valence-corrected chi connectivity index (χ1v) is 7.12. The van der Waals surface area contributed by atoms with Gasteiger partial charge in [0.1, 0.15) is 5.60 Å². The van der Waals surface area contributed by atoms with Gasteiger partial charge in [0.25, 0.3) is 5.91 Å². The maximum Gasteiger partial charge on any atom is 0.410 e. The lowest BCUT2D eigenvalue weighted by atomic mass is 10.2. The van der Waals surface area contributed by atoms with E-state index < -0.39 is 10.8 Å². The molecule has 2 aliphatic rings. The monoisotopic (exact) mass is 314 g/mol. The molecular formula is C13H22N4O5. The van der Waals surface area contributed by atoms with Crippen LogP contribution in [0.25, 0.3) is 0 Å². The van der Waals surface area contributed by atoms with Crippen molar-refractivity contribution < 1.29 is 24.5 Å². The van der Waals surface area contributed by atoms with Gasteiger partial charge in [-0.25, -0.2) is 4.79 Å². The minimum Gasteiger partial charge on any atom is -0.593 e. The fraction of sp³-hybridized carbons (Fsp3) is 0.692. The maximum atomic E-state index is 12.3. The molecule has 124 valence electrons. The lowest BCUT2D eigenvalue weighted by Crippen LogP contribution is -3.00. The molecule has 0 saturated carbocycles. The van der Waals surface area contributed by atoms with Gasteiger partial charge in [-0.2, -0.15) is 10.3 Å². The van der Waals surface area contributed by atoms with E-state index in [0.717, 1.165) is 5.06 Å². The molecule has 2 rings (SSSR count). The summed E-state index contributed by atoms with van der Waals surface area (Å²) in [5.41, 5.74) is -0.338. The summed E-state index contributed by atoms with van der Waals surface area (Å²) in [6.07, 6.45) is 0.790. The molecule has 1 fully saturated rings. The second-order valence-corrected chi connectivity index (χ2v) is 6.20. The third-order valence-electron chi connectivity index (χ3n) is 3.26. The van der Waals surface area contributed by atoms with E-state index in [4.69, 9.17) is 9.68 Å². The molecule has 2 aliphatic heterocycles. The highest BCUT2D eigenvalue weighted by Gasteiger charge is 2.33. The summed E-state index contributed by atoms with van der Waals surface area (Å²) < 4.78 is 5.30. The highest BCUT2D eigenvalue weighted by atomic mass is 17.0. The van der Waals surface area contributed by atoms with Crippen LogP contribution in [-0.2, 0) is 14.5 Å². The average Bonchev–Trinajstić information content (AvgIpc) is 2.75. The molecule has 1 atom stereocenters. The van der Waals surface area contributed by atoms with Crippen LogP contribution in [0.15, 0.2) is 11.9 Å². The summed E-state index contributed by atoms with van der Waals surface area (Å²) in [4.78, 5) is 32.2. The summed E-state index contributed by atoms with van der Waals surface area (Å²) in [7, 11) is 1.51. The highest BCUT2D eigenvalue weighted by molar-refractivity contribution is 5.92. The fourth-order valence-electron chi connectivity index (χ4n) is 2.19. The molecule has 0 aromatic heterocycles. The minimum absolute atomic E-state index is 0.204. The van der Waals surface area contributed by atoms with E-state index in [-0.39, 0.29) is 17.7 Å². The molecule has 9 nitrogen and oxygen atoms in total. The average molecular weight is 314 g/mol. The zero-order chi connectivity index (χ0) is 16.5. The second-order valence-electron chi connectivity index (χ2n) is 6.20. The molecule has 2 heterocycles. The van der Waals surface area contributed by atoms with E-state index in [1.165, 1.54) is 13.2 Å². The first-order valence-electron chi connectivity index (χ1n) is 7.12. The van der Waals surface area contributed by atoms with Gasteiger partial charge in [-0.1, -0.05) is 4.94 Å². The summed E-state index contributed by atoms with van der Waals surface area (Å²) in [6.45, 7) is 6.99. The van der Waals surface area contributed by atoms with Crippen molar-refractivity contribution in [3.63, 3.8) is 0 Å². The summed E-state index contributed by atoms with van der Waals surface area (Å²) in [6, 6.07) is 0. The number of hydrogen-bond acceptors (Lipinski definition) is 6. The number of nitrogens with one attached hydrogen (secondary N) is 1. The highest BCUT2D eigenvalue weighted by Crippen LogP contribution is 2.14. The summed E-state index contributed by atoms with van der Waals surface area (Å²) >= 11 is 0. The van der Waals surface area contributed by atoms with Crippen molar-refractivity contribution in [3.05, 3.63) is 17.1 Å². The standard InChI is InChI=1S/C13H22N4O5/c1-13(2,3)21-12(19)16-7-5-15(6-8-16)11(18)10-9-17(20)22-14(10)4/h9,17H,5-8H2,1-4H3. The van der Waals surface area contributed by atoms with Crippen LogP contribution in [-0.4, -0.2) is 65.7 Å². The first kappa shape index (κ1) is 16.5. The van der Waals surface area contributed by atoms with Gasteiger partial charge in [0, 0.05) is 33.2 Å². The third-order valence-corrected chi connectivity index (χ3v) is 3.26. The molecule has 0 bridgehead atoms. The van der Waals surface area contributed by atoms with Crippen LogP contribution >= 0.6 is 0 Å². The van der Waals surface area contributed by atoms with Crippen molar-refractivity contribution >= 4 is 12.0 Å². The van der Waals surface area contributed by atoms with Crippen LogP contribution in [0, 0.1) is 5.21 Å². The number of nitrogens with zero attached hydrogens (tertiary/aromatic N) is 3. The van der Waals surface area contributed by atoms with Crippen LogP contribution in [0.4, 0.5) is 4.79 Å². The quantitative estimate of drug-likeness (QED) is 0.630. The van der Waals surface area contributed by atoms with Gasteiger partial charge < -0.3 is 19.7 Å². The van der Waals surface area contributed by atoms with Gasteiger partial charge in [0.2, 0.25) is 0 Å². The SMILES string of the molecule is CN1O[NH+]([O-])C=C1C(=O)N1CCN(C(=O)OC(C)(C)C)CC1. The number of carbonyl (C=O) groups excluding carboxylic acids is 2. The van der Waals surface area contributed by atoms with Gasteiger partial charge in [-0.15, -0.1) is 0 Å². The molecule has 0 spiro atoms. The Hall–Kier alpha value is -1.84. The zero-order valence-corrected chi connectivity index (χ0v) is 13.3. The van der Waals surface area contributed by atoms with E-state index in [1.807, 2.05) is 20.8 Å². The van der Waals surface area contributed by atoms with Crippen LogP contribution in [0.5, 0.6) is 0 Å². The predicted molar refractivity (Wildman–Crippen MR) is 75.6 cm³/mol. The van der Waals surface area contributed by atoms with Crippen LogP contribution in [0.1, 0.15) is 20.8 Å². The van der Waals surface area contributed by atoms with E-state index in [2.05, 4.69) is 0 Å². The maximum absolute atomic E-state index is 12.3. The van der Waals surface area contributed by atoms with Crippen LogP contribution in [0.2, 0.25) is 0 Å². The Kier molecular flexibility index (Phi) is 4.59. The molecule has 2 amide bonds. The smallest absolute Gasteiger partial charge is 0.410 e. The Morgan fingerprint density at radius 1 is 1.23 bits per heavy atom. The number of amides is 2. The van der Waals surface area contributed by atoms with Crippen LogP contribution < -0.4 is 5.23 Å². The number of hydrogen-bond donors (Lipinski definition) is 1. The normalized spacial score (nSPS) is 22.7. The Bertz CT molecular complexity index is 479. The van der Waals surface area contributed by atoms with Gasteiger partial charge in [-0.3, -0.25) is 4.79 Å². The number of ether oxygens (including phenoxy) is 1. The predicted octanol–water partition coefficient (Wildman–Crippen LogP) is -0.918. The molecule has 22 heavy (non-hydrogen) atoms. The van der Waals surface area contributed by atoms with Gasteiger partial charge in [0.15, 0.2) is 11.9 Å². The van der Waals surface area contributed by atoms with Gasteiger partial charge >= 0.3 is 6.09 Å². The molecule has 1 saturated heterocycles. The second kappa shape index (κ2) is 6.11. The number of carbonyl (C=O) groups is 2. The van der Waals surface area contributed by atoms with E-state index in [1.54, 1.807) is 9.80 Å². The number of quaternary nitrogens is 1. The minimum atomic E-state index is -0.557. The van der Waals surface area contributed by atoms with Crippen molar-refractivity contribution in [2.45, 2.75) is 26.4 Å². The fourth-order valence-corrected chi connectivity index (χ4v) is 2.19. The Labute approximate surface area is 129 Å². The van der Waals surface area contributed by atoms with Crippen molar-refractivity contribution in [2.24, 2.45) is 0 Å².